The number of carboxylic acid groups (broad SMARTS) is 1. The van der Waals surface area contributed by atoms with Crippen molar-refractivity contribution in [3.8, 4) is 5.75 Å². The first-order chi connectivity index (χ1) is 16.0. The zero-order chi connectivity index (χ0) is 25.4. The molecule has 4 N–H and O–H groups in total. The fourth-order valence-electron chi connectivity index (χ4n) is 3.87. The van der Waals surface area contributed by atoms with Crippen molar-refractivity contribution in [2.75, 3.05) is 13.2 Å². The van der Waals surface area contributed by atoms with E-state index in [2.05, 4.69) is 17.2 Å². The number of rotatable bonds is 11. The van der Waals surface area contributed by atoms with Crippen LogP contribution in [0.2, 0.25) is 0 Å². The monoisotopic (exact) mass is 475 g/mol. The van der Waals surface area contributed by atoms with Gasteiger partial charge < -0.3 is 30.5 Å². The number of amides is 3. The van der Waals surface area contributed by atoms with Crippen LogP contribution in [-0.2, 0) is 30.3 Å². The van der Waals surface area contributed by atoms with Gasteiger partial charge in [0.25, 0.3) is 0 Å². The van der Waals surface area contributed by atoms with Crippen molar-refractivity contribution in [1.29, 1.82) is 0 Å². The average molecular weight is 476 g/mol. The lowest BCUT2D eigenvalue weighted by atomic mass is 10.00. The number of carbonyl (C=O) groups excluding carboxylic acids is 3. The molecule has 10 nitrogen and oxygen atoms in total. The summed E-state index contributed by atoms with van der Waals surface area (Å²) in [5, 5.41) is 24.4. The number of nitrogens with zero attached hydrogens (tertiary/aromatic N) is 1. The summed E-state index contributed by atoms with van der Waals surface area (Å²) >= 11 is 0. The fourth-order valence-corrected chi connectivity index (χ4v) is 3.87. The van der Waals surface area contributed by atoms with Gasteiger partial charge in [-0.2, -0.15) is 0 Å². The van der Waals surface area contributed by atoms with Crippen molar-refractivity contribution in [2.45, 2.75) is 57.8 Å². The van der Waals surface area contributed by atoms with Gasteiger partial charge in [0.2, 0.25) is 17.7 Å². The third kappa shape index (κ3) is 7.31. The predicted octanol–water partition coefficient (Wildman–Crippen LogP) is 0.837. The number of aliphatic carboxylic acids is 1. The van der Waals surface area contributed by atoms with Crippen molar-refractivity contribution < 1.29 is 34.1 Å². The van der Waals surface area contributed by atoms with Crippen LogP contribution in [0.25, 0.3) is 0 Å². The number of hydrogen-bond donors (Lipinski definition) is 4. The van der Waals surface area contributed by atoms with Crippen LogP contribution in [0.5, 0.6) is 5.75 Å². The van der Waals surface area contributed by atoms with E-state index in [1.165, 1.54) is 24.0 Å². The van der Waals surface area contributed by atoms with Crippen LogP contribution >= 0.6 is 0 Å². The van der Waals surface area contributed by atoms with Gasteiger partial charge in [-0.15, -0.1) is 6.58 Å². The van der Waals surface area contributed by atoms with Gasteiger partial charge >= 0.3 is 5.97 Å². The lowest BCUT2D eigenvalue weighted by Crippen LogP contribution is -2.57. The average Bonchev–Trinajstić information content (AvgIpc) is 3.20. The van der Waals surface area contributed by atoms with Gasteiger partial charge in [0, 0.05) is 26.3 Å². The molecule has 4 atom stereocenters. The molecule has 2 rings (SSSR count). The Morgan fingerprint density at radius 2 is 1.85 bits per heavy atom. The van der Waals surface area contributed by atoms with Gasteiger partial charge in [-0.3, -0.25) is 14.4 Å². The zero-order valence-corrected chi connectivity index (χ0v) is 19.7. The van der Waals surface area contributed by atoms with Crippen LogP contribution in [0.4, 0.5) is 0 Å². The Kier molecular flexibility index (Phi) is 9.61. The lowest BCUT2D eigenvalue weighted by molar-refractivity contribution is -0.150. The molecular formula is C24H33N3O7. The second-order valence-electron chi connectivity index (χ2n) is 8.68. The first kappa shape index (κ1) is 26.8. The minimum atomic E-state index is -1.14. The van der Waals surface area contributed by atoms with Gasteiger partial charge in [0.1, 0.15) is 23.9 Å². The quantitative estimate of drug-likeness (QED) is 0.347. The van der Waals surface area contributed by atoms with Gasteiger partial charge in [-0.25, -0.2) is 4.79 Å². The van der Waals surface area contributed by atoms with Gasteiger partial charge in [-0.05, 0) is 23.6 Å². The molecule has 34 heavy (non-hydrogen) atoms. The minimum absolute atomic E-state index is 0.0729. The number of ether oxygens (including phenoxy) is 1. The molecule has 1 heterocycles. The van der Waals surface area contributed by atoms with E-state index >= 15 is 0 Å². The highest BCUT2D eigenvalue weighted by molar-refractivity contribution is 5.93. The standard InChI is InChI=1S/C24H33N3O7/c1-5-10-34-18-12-20(24(32)33)27(13-18)23(31)21(14(2)3)26-22(30)19(25-15(4)28)11-16-6-8-17(29)9-7-16/h5-9,14,18-21,29H,1,10-13H2,2-4H3,(H,25,28)(H,26,30)(H,32,33)/t18-,19+,20+,21+/m1/s1. The fraction of sp³-hybridized carbons (Fsp3) is 0.500. The third-order valence-electron chi connectivity index (χ3n) is 5.58. The molecule has 0 aromatic heterocycles. The summed E-state index contributed by atoms with van der Waals surface area (Å²) in [6, 6.07) is 3.19. The molecule has 0 spiro atoms. The number of phenols is 1. The number of phenolic OH excluding ortho intramolecular Hbond substituents is 1. The van der Waals surface area contributed by atoms with Crippen LogP contribution in [0, 0.1) is 5.92 Å². The Morgan fingerprint density at radius 3 is 2.38 bits per heavy atom. The van der Waals surface area contributed by atoms with E-state index in [-0.39, 0.29) is 37.7 Å². The smallest absolute Gasteiger partial charge is 0.326 e. The van der Waals surface area contributed by atoms with Crippen LogP contribution in [0.3, 0.4) is 0 Å². The van der Waals surface area contributed by atoms with Crippen LogP contribution in [0.15, 0.2) is 36.9 Å². The molecule has 1 fully saturated rings. The van der Waals surface area contributed by atoms with Crippen molar-refractivity contribution >= 4 is 23.7 Å². The highest BCUT2D eigenvalue weighted by Gasteiger charge is 2.43. The number of aromatic hydroxyl groups is 1. The Morgan fingerprint density at radius 1 is 1.21 bits per heavy atom. The van der Waals surface area contributed by atoms with E-state index in [1.807, 2.05) is 0 Å². The molecule has 1 aliphatic rings. The Labute approximate surface area is 199 Å². The first-order valence-electron chi connectivity index (χ1n) is 11.1. The molecule has 0 radical (unpaired) electrons. The largest absolute Gasteiger partial charge is 0.508 e. The van der Waals surface area contributed by atoms with Gasteiger partial charge in [0.05, 0.1) is 12.7 Å². The second-order valence-corrected chi connectivity index (χ2v) is 8.68. The van der Waals surface area contributed by atoms with Crippen molar-refractivity contribution in [3.05, 3.63) is 42.5 Å². The topological polar surface area (TPSA) is 145 Å². The molecule has 10 heteroatoms. The Balaban J connectivity index is 2.19. The summed E-state index contributed by atoms with van der Waals surface area (Å²) in [7, 11) is 0. The molecule has 1 aromatic rings. The molecule has 3 amide bonds. The zero-order valence-electron chi connectivity index (χ0n) is 19.7. The molecule has 186 valence electrons. The maximum Gasteiger partial charge on any atom is 0.326 e. The summed E-state index contributed by atoms with van der Waals surface area (Å²) in [4.78, 5) is 51.2. The van der Waals surface area contributed by atoms with Crippen molar-refractivity contribution in [2.24, 2.45) is 5.92 Å². The summed E-state index contributed by atoms with van der Waals surface area (Å²) in [5.41, 5.74) is 0.701. The molecule has 1 aromatic carbocycles. The van der Waals surface area contributed by atoms with E-state index in [0.717, 1.165) is 0 Å². The van der Waals surface area contributed by atoms with Crippen LogP contribution < -0.4 is 10.6 Å². The molecule has 1 saturated heterocycles. The van der Waals surface area contributed by atoms with Crippen molar-refractivity contribution in [1.82, 2.24) is 15.5 Å². The molecular weight excluding hydrogens is 442 g/mol. The van der Waals surface area contributed by atoms with Gasteiger partial charge in [0.15, 0.2) is 0 Å². The van der Waals surface area contributed by atoms with Gasteiger partial charge in [-0.1, -0.05) is 32.1 Å². The Bertz CT molecular complexity index is 900. The first-order valence-corrected chi connectivity index (χ1v) is 11.1. The highest BCUT2D eigenvalue weighted by Crippen LogP contribution is 2.23. The van der Waals surface area contributed by atoms with Crippen LogP contribution in [0.1, 0.15) is 32.8 Å². The third-order valence-corrected chi connectivity index (χ3v) is 5.58. The normalized spacial score (nSPS) is 19.4. The SMILES string of the molecule is C=CCO[C@@H]1C[C@@H](C(=O)O)N(C(=O)[C@@H](NC(=O)[C@H](Cc2ccc(O)cc2)NC(C)=O)C(C)C)C1. The van der Waals surface area contributed by atoms with E-state index in [1.54, 1.807) is 32.1 Å². The number of nitrogens with one attached hydrogen (secondary N) is 2. The maximum atomic E-state index is 13.4. The van der Waals surface area contributed by atoms with E-state index in [4.69, 9.17) is 4.74 Å². The summed E-state index contributed by atoms with van der Waals surface area (Å²) in [6.07, 6.45) is 1.38. The number of carboxylic acids is 1. The minimum Gasteiger partial charge on any atom is -0.508 e. The Hall–Kier alpha value is -3.40. The second kappa shape index (κ2) is 12.2. The predicted molar refractivity (Wildman–Crippen MR) is 124 cm³/mol. The van der Waals surface area contributed by atoms with E-state index in [9.17, 15) is 29.4 Å². The highest BCUT2D eigenvalue weighted by atomic mass is 16.5. The molecule has 0 saturated carbocycles. The number of hydrogen-bond acceptors (Lipinski definition) is 6. The summed E-state index contributed by atoms with van der Waals surface area (Å²) in [6.45, 7) is 8.67. The van der Waals surface area contributed by atoms with E-state index < -0.39 is 47.9 Å². The van der Waals surface area contributed by atoms with E-state index in [0.29, 0.717) is 5.56 Å². The maximum absolute atomic E-state index is 13.4. The summed E-state index contributed by atoms with van der Waals surface area (Å²) < 4.78 is 5.56. The number of likely N-dealkylation sites (tertiary alicyclic amines) is 1. The lowest BCUT2D eigenvalue weighted by Gasteiger charge is -2.30. The molecule has 0 aliphatic carbocycles. The van der Waals surface area contributed by atoms with Crippen molar-refractivity contribution in [3.63, 3.8) is 0 Å². The van der Waals surface area contributed by atoms with Crippen LogP contribution in [-0.4, -0.2) is 76.2 Å². The number of benzene rings is 1. The number of carbonyl (C=O) groups is 4. The molecule has 1 aliphatic heterocycles. The molecule has 0 bridgehead atoms. The molecule has 0 unspecified atom stereocenters. The summed E-state index contributed by atoms with van der Waals surface area (Å²) in [5.74, 6) is -2.92.